The molecule has 0 aliphatic carbocycles. The van der Waals surface area contributed by atoms with Crippen LogP contribution in [0, 0.1) is 6.92 Å². The molecule has 0 unspecified atom stereocenters. The monoisotopic (exact) mass is 291 g/mol. The third-order valence-electron chi connectivity index (χ3n) is 2.29. The molecular formula is C10H11ClF5NO. The van der Waals surface area contributed by atoms with Crippen molar-refractivity contribution in [2.45, 2.75) is 25.1 Å². The number of hydrogen-bond acceptors (Lipinski definition) is 2. The highest BCUT2D eigenvalue weighted by molar-refractivity contribution is 5.85. The summed E-state index contributed by atoms with van der Waals surface area (Å²) in [7, 11) is 0. The van der Waals surface area contributed by atoms with E-state index in [-0.39, 0.29) is 12.4 Å². The van der Waals surface area contributed by atoms with Crippen LogP contribution in [-0.2, 0) is 0 Å². The zero-order chi connectivity index (χ0) is 13.4. The standard InChI is InChI=1S/C10H10F5NO.ClH/c1-5-2-3-6(7(17)4-5)8(16)9(11,12)10(13,14)15;/h2-4,8,17H,16H2,1H3;1H/t8-;/m0./s1. The number of alkyl halides is 5. The topological polar surface area (TPSA) is 46.2 Å². The van der Waals surface area contributed by atoms with Gasteiger partial charge in [-0.05, 0) is 18.6 Å². The average molecular weight is 292 g/mol. The van der Waals surface area contributed by atoms with E-state index in [1.54, 1.807) is 6.92 Å². The smallest absolute Gasteiger partial charge is 0.455 e. The van der Waals surface area contributed by atoms with E-state index in [1.165, 1.54) is 6.07 Å². The Morgan fingerprint density at radius 3 is 2.06 bits per heavy atom. The molecule has 3 N–H and O–H groups in total. The SMILES string of the molecule is Cc1ccc([C@H](N)C(F)(F)C(F)(F)F)c(O)c1.Cl. The minimum Gasteiger partial charge on any atom is -0.508 e. The quantitative estimate of drug-likeness (QED) is 0.821. The second-order valence-electron chi connectivity index (χ2n) is 3.66. The lowest BCUT2D eigenvalue weighted by Gasteiger charge is -2.26. The Morgan fingerprint density at radius 2 is 1.67 bits per heavy atom. The van der Waals surface area contributed by atoms with Crippen molar-refractivity contribution in [1.82, 2.24) is 0 Å². The number of hydrogen-bond donors (Lipinski definition) is 2. The summed E-state index contributed by atoms with van der Waals surface area (Å²) in [6, 6.07) is 0.681. The molecule has 1 aromatic rings. The van der Waals surface area contributed by atoms with E-state index >= 15 is 0 Å². The van der Waals surface area contributed by atoms with Gasteiger partial charge in [0.1, 0.15) is 11.8 Å². The molecule has 0 aliphatic heterocycles. The van der Waals surface area contributed by atoms with E-state index in [0.29, 0.717) is 5.56 Å². The Bertz CT molecular complexity index is 421. The zero-order valence-corrected chi connectivity index (χ0v) is 9.95. The Labute approximate surface area is 106 Å². The third-order valence-corrected chi connectivity index (χ3v) is 2.29. The van der Waals surface area contributed by atoms with E-state index in [4.69, 9.17) is 5.73 Å². The largest absolute Gasteiger partial charge is 0.508 e. The van der Waals surface area contributed by atoms with Gasteiger partial charge in [0.2, 0.25) is 0 Å². The maximum absolute atomic E-state index is 12.9. The maximum atomic E-state index is 12.9. The first-order valence-corrected chi connectivity index (χ1v) is 4.57. The van der Waals surface area contributed by atoms with Crippen LogP contribution in [0.5, 0.6) is 5.75 Å². The van der Waals surface area contributed by atoms with Crippen molar-refractivity contribution in [3.05, 3.63) is 29.3 Å². The number of aromatic hydroxyl groups is 1. The number of rotatable bonds is 2. The molecular weight excluding hydrogens is 281 g/mol. The number of nitrogens with two attached hydrogens (primary N) is 1. The van der Waals surface area contributed by atoms with Crippen LogP contribution in [0.3, 0.4) is 0 Å². The minimum absolute atomic E-state index is 0. The first kappa shape index (κ1) is 16.9. The van der Waals surface area contributed by atoms with Crippen LogP contribution < -0.4 is 5.73 Å². The van der Waals surface area contributed by atoms with Crippen molar-refractivity contribution in [1.29, 1.82) is 0 Å². The Kier molecular flexibility index (Phi) is 4.96. The maximum Gasteiger partial charge on any atom is 0.455 e. The predicted molar refractivity (Wildman–Crippen MR) is 58.0 cm³/mol. The fourth-order valence-corrected chi connectivity index (χ4v) is 1.29. The van der Waals surface area contributed by atoms with Gasteiger partial charge in [0.25, 0.3) is 0 Å². The molecule has 0 saturated carbocycles. The molecule has 0 amide bonds. The first-order valence-electron chi connectivity index (χ1n) is 4.57. The summed E-state index contributed by atoms with van der Waals surface area (Å²) in [6.45, 7) is 1.55. The lowest BCUT2D eigenvalue weighted by molar-refractivity contribution is -0.291. The van der Waals surface area contributed by atoms with E-state index in [1.807, 2.05) is 0 Å². The van der Waals surface area contributed by atoms with E-state index < -0.39 is 29.5 Å². The molecule has 0 saturated heterocycles. The van der Waals surface area contributed by atoms with Gasteiger partial charge in [-0.3, -0.25) is 0 Å². The highest BCUT2D eigenvalue weighted by atomic mass is 35.5. The summed E-state index contributed by atoms with van der Waals surface area (Å²) < 4.78 is 62.1. The van der Waals surface area contributed by atoms with Crippen LogP contribution in [0.1, 0.15) is 17.2 Å². The number of benzene rings is 1. The van der Waals surface area contributed by atoms with Gasteiger partial charge in [0, 0.05) is 5.56 Å². The van der Waals surface area contributed by atoms with Gasteiger partial charge in [0.05, 0.1) is 0 Å². The molecule has 18 heavy (non-hydrogen) atoms. The fourth-order valence-electron chi connectivity index (χ4n) is 1.29. The number of phenols is 1. The van der Waals surface area contributed by atoms with Crippen LogP contribution >= 0.6 is 12.4 Å². The van der Waals surface area contributed by atoms with E-state index in [0.717, 1.165) is 12.1 Å². The second-order valence-corrected chi connectivity index (χ2v) is 3.66. The van der Waals surface area contributed by atoms with E-state index in [2.05, 4.69) is 0 Å². The average Bonchev–Trinajstić information content (AvgIpc) is 2.14. The Hall–Kier alpha value is -1.08. The van der Waals surface area contributed by atoms with Crippen LogP contribution in [0.25, 0.3) is 0 Å². The van der Waals surface area contributed by atoms with Crippen molar-refractivity contribution in [3.8, 4) is 5.75 Å². The summed E-state index contributed by atoms with van der Waals surface area (Å²) in [6.07, 6.45) is -5.76. The van der Waals surface area contributed by atoms with Gasteiger partial charge >= 0.3 is 12.1 Å². The normalized spacial score (nSPS) is 13.9. The van der Waals surface area contributed by atoms with Crippen LogP contribution in [0.2, 0.25) is 0 Å². The van der Waals surface area contributed by atoms with E-state index in [9.17, 15) is 27.1 Å². The van der Waals surface area contributed by atoms with Crippen molar-refractivity contribution in [3.63, 3.8) is 0 Å². The Morgan fingerprint density at radius 1 is 1.17 bits per heavy atom. The van der Waals surface area contributed by atoms with Gasteiger partial charge < -0.3 is 10.8 Å². The highest BCUT2D eigenvalue weighted by Gasteiger charge is 2.62. The molecule has 2 nitrogen and oxygen atoms in total. The molecule has 104 valence electrons. The van der Waals surface area contributed by atoms with Crippen molar-refractivity contribution < 1.29 is 27.1 Å². The minimum atomic E-state index is -5.76. The molecule has 0 aliphatic rings. The molecule has 0 fully saturated rings. The van der Waals surface area contributed by atoms with Crippen LogP contribution in [0.15, 0.2) is 18.2 Å². The molecule has 0 radical (unpaired) electrons. The van der Waals surface area contributed by atoms with Crippen LogP contribution in [-0.4, -0.2) is 17.2 Å². The summed E-state index contributed by atoms with van der Waals surface area (Å²) in [5.74, 6) is -5.78. The zero-order valence-electron chi connectivity index (χ0n) is 9.13. The summed E-state index contributed by atoms with van der Waals surface area (Å²) >= 11 is 0. The first-order chi connectivity index (χ1) is 7.57. The number of phenolic OH excluding ortho intramolecular Hbond substituents is 1. The Balaban J connectivity index is 0.00000289. The van der Waals surface area contributed by atoms with Gasteiger partial charge in [-0.1, -0.05) is 12.1 Å². The molecule has 0 aromatic heterocycles. The van der Waals surface area contributed by atoms with Crippen molar-refractivity contribution >= 4 is 12.4 Å². The molecule has 0 bridgehead atoms. The third kappa shape index (κ3) is 3.02. The number of halogens is 6. The lowest BCUT2D eigenvalue weighted by Crippen LogP contribution is -2.45. The summed E-state index contributed by atoms with van der Waals surface area (Å²) in [4.78, 5) is 0. The van der Waals surface area contributed by atoms with Crippen molar-refractivity contribution in [2.24, 2.45) is 5.73 Å². The molecule has 8 heteroatoms. The van der Waals surface area contributed by atoms with Gasteiger partial charge in [-0.25, -0.2) is 0 Å². The summed E-state index contributed by atoms with van der Waals surface area (Å²) in [5.41, 5.74) is 4.76. The number of aryl methyl sites for hydroxylation is 1. The fraction of sp³-hybridized carbons (Fsp3) is 0.400. The van der Waals surface area contributed by atoms with Gasteiger partial charge in [-0.2, -0.15) is 22.0 Å². The van der Waals surface area contributed by atoms with Crippen LogP contribution in [0.4, 0.5) is 22.0 Å². The molecule has 1 atom stereocenters. The molecule has 1 aromatic carbocycles. The highest BCUT2D eigenvalue weighted by Crippen LogP contribution is 2.44. The predicted octanol–water partition coefficient (Wildman–Crippen LogP) is 3.32. The van der Waals surface area contributed by atoms with Crippen molar-refractivity contribution in [2.75, 3.05) is 0 Å². The van der Waals surface area contributed by atoms with Gasteiger partial charge in [-0.15, -0.1) is 12.4 Å². The molecule has 1 rings (SSSR count). The van der Waals surface area contributed by atoms with Gasteiger partial charge in [0.15, 0.2) is 0 Å². The second kappa shape index (κ2) is 5.27. The summed E-state index contributed by atoms with van der Waals surface area (Å²) in [5, 5.41) is 9.31. The lowest BCUT2D eigenvalue weighted by atomic mass is 9.99. The molecule has 0 spiro atoms. The molecule has 0 heterocycles.